The molecule has 1 saturated heterocycles. The first-order valence-electron chi connectivity index (χ1n) is 10.2. The van der Waals surface area contributed by atoms with E-state index in [9.17, 15) is 8.78 Å². The smallest absolute Gasteiger partial charge is 0.191 e. The van der Waals surface area contributed by atoms with Gasteiger partial charge >= 0.3 is 0 Å². The number of nitrogens with one attached hydrogen (secondary N) is 2. The molecule has 5 nitrogen and oxygen atoms in total. The third-order valence-electron chi connectivity index (χ3n) is 4.81. The summed E-state index contributed by atoms with van der Waals surface area (Å²) < 4.78 is 38.1. The molecule has 0 bridgehead atoms. The second kappa shape index (κ2) is 14.9. The molecule has 0 amide bonds. The maximum absolute atomic E-state index is 13.9. The van der Waals surface area contributed by atoms with Crippen molar-refractivity contribution >= 4 is 29.9 Å². The van der Waals surface area contributed by atoms with Gasteiger partial charge in [0, 0.05) is 58.0 Å². The summed E-state index contributed by atoms with van der Waals surface area (Å²) in [6.07, 6.45) is 3.06. The number of hydrogen-bond acceptors (Lipinski definition) is 3. The van der Waals surface area contributed by atoms with Crippen molar-refractivity contribution in [3.8, 4) is 0 Å². The van der Waals surface area contributed by atoms with Gasteiger partial charge in [-0.2, -0.15) is 0 Å². The highest BCUT2D eigenvalue weighted by atomic mass is 127. The van der Waals surface area contributed by atoms with Crippen molar-refractivity contribution in [1.82, 2.24) is 10.6 Å². The average molecular weight is 525 g/mol. The molecule has 2 N–H and O–H groups in total. The van der Waals surface area contributed by atoms with Crippen molar-refractivity contribution in [3.63, 3.8) is 0 Å². The van der Waals surface area contributed by atoms with E-state index in [0.29, 0.717) is 30.6 Å². The minimum atomic E-state index is -0.564. The van der Waals surface area contributed by atoms with Crippen LogP contribution in [0.1, 0.15) is 44.6 Å². The van der Waals surface area contributed by atoms with Crippen molar-refractivity contribution < 1.29 is 18.3 Å². The Balaban J connectivity index is 0.00000420. The Morgan fingerprint density at radius 3 is 2.72 bits per heavy atom. The molecular weight excluding hydrogens is 491 g/mol. The molecule has 0 saturated carbocycles. The molecule has 1 aromatic rings. The summed E-state index contributed by atoms with van der Waals surface area (Å²) in [4.78, 5) is 4.52. The molecule has 0 aliphatic carbocycles. The van der Waals surface area contributed by atoms with Crippen LogP contribution in [0, 0.1) is 17.6 Å². The predicted octanol–water partition coefficient (Wildman–Crippen LogP) is 4.07. The number of aliphatic imine (C=N–C) groups is 1. The minimum Gasteiger partial charge on any atom is -0.381 e. The average Bonchev–Trinajstić information content (AvgIpc) is 2.69. The van der Waals surface area contributed by atoms with Crippen LogP contribution in [0.3, 0.4) is 0 Å². The van der Waals surface area contributed by atoms with Crippen LogP contribution in [0.4, 0.5) is 8.78 Å². The van der Waals surface area contributed by atoms with E-state index in [1.54, 1.807) is 0 Å². The Morgan fingerprint density at radius 2 is 2.03 bits per heavy atom. The maximum atomic E-state index is 13.9. The molecule has 29 heavy (non-hydrogen) atoms. The second-order valence-electron chi connectivity index (χ2n) is 7.20. The third kappa shape index (κ3) is 10.0. The van der Waals surface area contributed by atoms with Gasteiger partial charge in [-0.3, -0.25) is 4.99 Å². The van der Waals surface area contributed by atoms with E-state index < -0.39 is 11.6 Å². The van der Waals surface area contributed by atoms with Crippen molar-refractivity contribution in [3.05, 3.63) is 35.4 Å². The van der Waals surface area contributed by atoms with Crippen LogP contribution in [0.15, 0.2) is 23.2 Å². The molecule has 1 heterocycles. The lowest BCUT2D eigenvalue weighted by Crippen LogP contribution is -2.38. The van der Waals surface area contributed by atoms with E-state index in [1.165, 1.54) is 12.1 Å². The molecule has 166 valence electrons. The topological polar surface area (TPSA) is 54.9 Å². The second-order valence-corrected chi connectivity index (χ2v) is 7.20. The monoisotopic (exact) mass is 525 g/mol. The molecular formula is C21H34F2IN3O2. The van der Waals surface area contributed by atoms with Gasteiger partial charge in [-0.05, 0) is 43.7 Å². The van der Waals surface area contributed by atoms with Crippen LogP contribution in [0.5, 0.6) is 0 Å². The summed E-state index contributed by atoms with van der Waals surface area (Å²) in [5.41, 5.74) is 0.475. The molecule has 0 spiro atoms. The number of nitrogens with zero attached hydrogens (tertiary/aromatic N) is 1. The summed E-state index contributed by atoms with van der Waals surface area (Å²) in [5, 5.41) is 6.46. The van der Waals surface area contributed by atoms with Gasteiger partial charge in [-0.1, -0.05) is 13.0 Å². The first-order chi connectivity index (χ1) is 13.6. The van der Waals surface area contributed by atoms with Gasteiger partial charge in [0.2, 0.25) is 0 Å². The van der Waals surface area contributed by atoms with Gasteiger partial charge in [-0.15, -0.1) is 24.0 Å². The van der Waals surface area contributed by atoms with E-state index in [0.717, 1.165) is 58.2 Å². The minimum absolute atomic E-state index is 0. The highest BCUT2D eigenvalue weighted by molar-refractivity contribution is 14.0. The molecule has 1 aliphatic rings. The Hall–Kier alpha value is -1.00. The van der Waals surface area contributed by atoms with E-state index in [-0.39, 0.29) is 29.9 Å². The normalized spacial score (nSPS) is 16.2. The molecule has 2 rings (SSSR count). The van der Waals surface area contributed by atoms with Crippen molar-refractivity contribution in [1.29, 1.82) is 0 Å². The molecule has 1 aromatic carbocycles. The Morgan fingerprint density at radius 1 is 1.28 bits per heavy atom. The summed E-state index contributed by atoms with van der Waals surface area (Å²) in [5.74, 6) is 0.0856. The van der Waals surface area contributed by atoms with Gasteiger partial charge in [0.15, 0.2) is 5.96 Å². The zero-order valence-corrected chi connectivity index (χ0v) is 19.7. The highest BCUT2D eigenvalue weighted by Gasteiger charge is 2.14. The summed E-state index contributed by atoms with van der Waals surface area (Å²) in [6.45, 7) is 8.99. The van der Waals surface area contributed by atoms with Crippen LogP contribution in [0.25, 0.3) is 0 Å². The lowest BCUT2D eigenvalue weighted by molar-refractivity contribution is 0.0203. The van der Waals surface area contributed by atoms with Crippen LogP contribution in [-0.4, -0.2) is 52.0 Å². The molecule has 1 atom stereocenters. The third-order valence-corrected chi connectivity index (χ3v) is 4.81. The van der Waals surface area contributed by atoms with E-state index in [4.69, 9.17) is 9.47 Å². The zero-order valence-electron chi connectivity index (χ0n) is 17.4. The van der Waals surface area contributed by atoms with Crippen molar-refractivity contribution in [2.24, 2.45) is 10.9 Å². The van der Waals surface area contributed by atoms with E-state index >= 15 is 0 Å². The Bertz CT molecular complexity index is 614. The van der Waals surface area contributed by atoms with Gasteiger partial charge in [0.25, 0.3) is 0 Å². The SMILES string of the molecule is CCNC(=NCC(C)c1ccc(F)cc1F)NCCCOCC1CCOCC1.I. The molecule has 0 radical (unpaired) electrons. The molecule has 1 unspecified atom stereocenters. The maximum Gasteiger partial charge on any atom is 0.191 e. The number of halogens is 3. The number of guanidine groups is 1. The van der Waals surface area contributed by atoms with E-state index in [1.807, 2.05) is 13.8 Å². The molecule has 8 heteroatoms. The van der Waals surface area contributed by atoms with Crippen LogP contribution >= 0.6 is 24.0 Å². The quantitative estimate of drug-likeness (QED) is 0.209. The fourth-order valence-corrected chi connectivity index (χ4v) is 3.11. The lowest BCUT2D eigenvalue weighted by Gasteiger charge is -2.21. The van der Waals surface area contributed by atoms with Crippen LogP contribution in [0.2, 0.25) is 0 Å². The number of rotatable bonds is 10. The predicted molar refractivity (Wildman–Crippen MR) is 123 cm³/mol. The summed E-state index contributed by atoms with van der Waals surface area (Å²) in [6, 6.07) is 3.68. The fraction of sp³-hybridized carbons (Fsp3) is 0.667. The first-order valence-corrected chi connectivity index (χ1v) is 10.2. The van der Waals surface area contributed by atoms with Gasteiger partial charge in [0.05, 0.1) is 0 Å². The Kier molecular flexibility index (Phi) is 13.4. The Labute approximate surface area is 190 Å². The van der Waals surface area contributed by atoms with Gasteiger partial charge in [-0.25, -0.2) is 8.78 Å². The number of ether oxygens (including phenoxy) is 2. The molecule has 1 fully saturated rings. The van der Waals surface area contributed by atoms with Crippen molar-refractivity contribution in [2.75, 3.05) is 46.1 Å². The number of hydrogen-bond donors (Lipinski definition) is 2. The van der Waals surface area contributed by atoms with Crippen LogP contribution in [-0.2, 0) is 9.47 Å². The number of benzene rings is 1. The first kappa shape index (κ1) is 26.0. The molecule has 0 aromatic heterocycles. The molecule has 1 aliphatic heterocycles. The van der Waals surface area contributed by atoms with Crippen LogP contribution < -0.4 is 10.6 Å². The highest BCUT2D eigenvalue weighted by Crippen LogP contribution is 2.20. The van der Waals surface area contributed by atoms with Gasteiger partial charge < -0.3 is 20.1 Å². The standard InChI is InChI=1S/C21H33F2N3O2.HI/c1-3-24-21(25-9-4-10-28-15-17-7-11-27-12-8-17)26-14-16(2)19-6-5-18(22)13-20(19)23;/h5-6,13,16-17H,3-4,7-12,14-15H2,1-2H3,(H2,24,25,26);1H. The lowest BCUT2D eigenvalue weighted by atomic mass is 10.0. The van der Waals surface area contributed by atoms with Gasteiger partial charge in [0.1, 0.15) is 11.6 Å². The largest absolute Gasteiger partial charge is 0.381 e. The van der Waals surface area contributed by atoms with E-state index in [2.05, 4.69) is 15.6 Å². The summed E-state index contributed by atoms with van der Waals surface area (Å²) in [7, 11) is 0. The zero-order chi connectivity index (χ0) is 20.2. The van der Waals surface area contributed by atoms with Crippen molar-refractivity contribution in [2.45, 2.75) is 39.0 Å². The fourth-order valence-electron chi connectivity index (χ4n) is 3.11. The summed E-state index contributed by atoms with van der Waals surface area (Å²) >= 11 is 0.